The van der Waals surface area contributed by atoms with E-state index in [1.807, 2.05) is 28.8 Å². The third-order valence-corrected chi connectivity index (χ3v) is 4.00. The van der Waals surface area contributed by atoms with Crippen molar-refractivity contribution in [3.05, 3.63) is 48.3 Å². The molecule has 0 fully saturated rings. The van der Waals surface area contributed by atoms with Gasteiger partial charge in [0, 0.05) is 18.3 Å². The number of hydrogen-bond donors (Lipinski definition) is 2. The molecule has 0 saturated carbocycles. The lowest BCUT2D eigenvalue weighted by Crippen LogP contribution is -2.18. The largest absolute Gasteiger partial charge is 0.326 e. The van der Waals surface area contributed by atoms with Crippen LogP contribution >= 0.6 is 0 Å². The lowest BCUT2D eigenvalue weighted by atomic mass is 9.98. The number of nitrogens with one attached hydrogen (secondary N) is 2. The predicted octanol–water partition coefficient (Wildman–Crippen LogP) is 2.45. The first-order valence-corrected chi connectivity index (χ1v) is 7.35. The van der Waals surface area contributed by atoms with E-state index in [1.54, 1.807) is 6.20 Å². The molecule has 3 aromatic rings. The van der Waals surface area contributed by atoms with Crippen LogP contribution < -0.4 is 10.6 Å². The van der Waals surface area contributed by atoms with Crippen LogP contribution in [0.4, 0.5) is 11.5 Å². The van der Waals surface area contributed by atoms with Crippen molar-refractivity contribution < 1.29 is 9.59 Å². The number of hydrogen-bond acceptors (Lipinski definition) is 3. The average molecular weight is 306 g/mol. The van der Waals surface area contributed by atoms with Gasteiger partial charge in [-0.3, -0.25) is 9.59 Å². The van der Waals surface area contributed by atoms with Crippen LogP contribution in [0.2, 0.25) is 0 Å². The average Bonchev–Trinajstić information content (AvgIpc) is 2.96. The number of benzene rings is 1. The summed E-state index contributed by atoms with van der Waals surface area (Å²) < 4.78 is 1.86. The fourth-order valence-electron chi connectivity index (χ4n) is 2.84. The number of rotatable bonds is 3. The van der Waals surface area contributed by atoms with E-state index < -0.39 is 0 Å². The molecule has 0 aliphatic carbocycles. The van der Waals surface area contributed by atoms with Gasteiger partial charge in [-0.15, -0.1) is 0 Å². The highest BCUT2D eigenvalue weighted by molar-refractivity contribution is 5.94. The summed E-state index contributed by atoms with van der Waals surface area (Å²) in [6.45, 7) is 0. The normalized spacial score (nSPS) is 13.5. The molecule has 2 N–H and O–H groups in total. The zero-order chi connectivity index (χ0) is 15.8. The van der Waals surface area contributed by atoms with Crippen LogP contribution in [0.25, 0.3) is 16.8 Å². The lowest BCUT2D eigenvalue weighted by molar-refractivity contribution is -0.116. The topological polar surface area (TPSA) is 75.5 Å². The number of anilines is 2. The van der Waals surface area contributed by atoms with E-state index in [9.17, 15) is 9.59 Å². The van der Waals surface area contributed by atoms with Crippen LogP contribution in [-0.2, 0) is 16.0 Å². The molecule has 4 rings (SSSR count). The molecule has 1 aromatic carbocycles. The van der Waals surface area contributed by atoms with Crippen molar-refractivity contribution in [1.29, 1.82) is 0 Å². The van der Waals surface area contributed by atoms with Crippen molar-refractivity contribution in [2.75, 3.05) is 10.6 Å². The molecule has 23 heavy (non-hydrogen) atoms. The molecule has 0 unspecified atom stereocenters. The molecule has 6 heteroatoms. The van der Waals surface area contributed by atoms with E-state index in [-0.39, 0.29) is 5.91 Å². The van der Waals surface area contributed by atoms with Gasteiger partial charge in [0.2, 0.25) is 12.3 Å². The summed E-state index contributed by atoms with van der Waals surface area (Å²) in [7, 11) is 0. The third kappa shape index (κ3) is 2.44. The Bertz CT molecular complexity index is 929. The fraction of sp³-hybridized carbons (Fsp3) is 0.118. The SMILES string of the molecule is O=CNc1cn2cc(-c3ccc4c(c3)NC(=O)CC4)ccc2n1. The van der Waals surface area contributed by atoms with Crippen molar-refractivity contribution in [2.24, 2.45) is 0 Å². The third-order valence-electron chi connectivity index (χ3n) is 4.00. The molecule has 0 bridgehead atoms. The Kier molecular flexibility index (Phi) is 3.08. The maximum absolute atomic E-state index is 11.6. The summed E-state index contributed by atoms with van der Waals surface area (Å²) in [5.74, 6) is 0.569. The Labute approximate surface area is 132 Å². The molecule has 2 amide bonds. The Hall–Kier alpha value is -3.15. The molecule has 3 heterocycles. The number of nitrogens with zero attached hydrogens (tertiary/aromatic N) is 2. The molecule has 6 nitrogen and oxygen atoms in total. The number of carbonyl (C=O) groups excluding carboxylic acids is 2. The molecular formula is C17H14N4O2. The summed E-state index contributed by atoms with van der Waals surface area (Å²) in [6.07, 6.45) is 5.63. The molecule has 0 spiro atoms. The van der Waals surface area contributed by atoms with Gasteiger partial charge in [0.1, 0.15) is 5.65 Å². The predicted molar refractivity (Wildman–Crippen MR) is 87.3 cm³/mol. The van der Waals surface area contributed by atoms with E-state index in [4.69, 9.17) is 0 Å². The molecule has 0 radical (unpaired) electrons. The lowest BCUT2D eigenvalue weighted by Gasteiger charge is -2.17. The highest BCUT2D eigenvalue weighted by Gasteiger charge is 2.15. The van der Waals surface area contributed by atoms with Crippen LogP contribution in [0.15, 0.2) is 42.7 Å². The molecule has 2 aromatic heterocycles. The maximum atomic E-state index is 11.6. The first kappa shape index (κ1) is 13.5. The van der Waals surface area contributed by atoms with Gasteiger partial charge in [0.25, 0.3) is 0 Å². The van der Waals surface area contributed by atoms with Crippen LogP contribution in [0, 0.1) is 0 Å². The van der Waals surface area contributed by atoms with Crippen molar-refractivity contribution in [3.8, 4) is 11.1 Å². The van der Waals surface area contributed by atoms with Crippen molar-refractivity contribution in [1.82, 2.24) is 9.38 Å². The summed E-state index contributed by atoms with van der Waals surface area (Å²) in [6, 6.07) is 9.97. The number of imidazole rings is 1. The molecule has 1 aliphatic rings. The minimum absolute atomic E-state index is 0.0595. The Morgan fingerprint density at radius 2 is 2.00 bits per heavy atom. The van der Waals surface area contributed by atoms with Crippen LogP contribution in [-0.4, -0.2) is 21.7 Å². The van der Waals surface area contributed by atoms with Crippen LogP contribution in [0.1, 0.15) is 12.0 Å². The monoisotopic (exact) mass is 306 g/mol. The highest BCUT2D eigenvalue weighted by atomic mass is 16.1. The van der Waals surface area contributed by atoms with Gasteiger partial charge in [0.05, 0.1) is 6.20 Å². The summed E-state index contributed by atoms with van der Waals surface area (Å²) in [4.78, 5) is 26.3. The molecular weight excluding hydrogens is 292 g/mol. The van der Waals surface area contributed by atoms with E-state index in [0.29, 0.717) is 18.6 Å². The summed E-state index contributed by atoms with van der Waals surface area (Å²) in [5, 5.41) is 5.46. The second-order valence-electron chi connectivity index (χ2n) is 5.49. The molecule has 0 saturated heterocycles. The highest BCUT2D eigenvalue weighted by Crippen LogP contribution is 2.29. The Morgan fingerprint density at radius 1 is 1.13 bits per heavy atom. The van der Waals surface area contributed by atoms with E-state index >= 15 is 0 Å². The second-order valence-corrected chi connectivity index (χ2v) is 5.49. The summed E-state index contributed by atoms with van der Waals surface area (Å²) >= 11 is 0. The van der Waals surface area contributed by atoms with E-state index in [0.717, 1.165) is 34.4 Å². The van der Waals surface area contributed by atoms with E-state index in [1.165, 1.54) is 0 Å². The second kappa shape index (κ2) is 5.24. The molecule has 114 valence electrons. The number of amides is 2. The van der Waals surface area contributed by atoms with Crippen molar-refractivity contribution >= 4 is 29.5 Å². The van der Waals surface area contributed by atoms with Gasteiger partial charge in [0.15, 0.2) is 5.82 Å². The number of aryl methyl sites for hydroxylation is 1. The minimum Gasteiger partial charge on any atom is -0.326 e. The van der Waals surface area contributed by atoms with Gasteiger partial charge in [-0.05, 0) is 41.3 Å². The Balaban J connectivity index is 1.75. The van der Waals surface area contributed by atoms with Gasteiger partial charge < -0.3 is 15.0 Å². The van der Waals surface area contributed by atoms with Crippen molar-refractivity contribution in [3.63, 3.8) is 0 Å². The van der Waals surface area contributed by atoms with Gasteiger partial charge >= 0.3 is 0 Å². The Morgan fingerprint density at radius 3 is 2.87 bits per heavy atom. The fourth-order valence-corrected chi connectivity index (χ4v) is 2.84. The van der Waals surface area contributed by atoms with Gasteiger partial charge in [-0.1, -0.05) is 12.1 Å². The number of pyridine rings is 1. The number of aromatic nitrogens is 2. The van der Waals surface area contributed by atoms with Crippen LogP contribution in [0.3, 0.4) is 0 Å². The van der Waals surface area contributed by atoms with Crippen LogP contribution in [0.5, 0.6) is 0 Å². The smallest absolute Gasteiger partial charge is 0.224 e. The molecule has 1 aliphatic heterocycles. The summed E-state index contributed by atoms with van der Waals surface area (Å²) in [5.41, 5.74) is 4.83. The quantitative estimate of drug-likeness (QED) is 0.730. The maximum Gasteiger partial charge on any atom is 0.224 e. The van der Waals surface area contributed by atoms with Gasteiger partial charge in [-0.25, -0.2) is 4.98 Å². The number of fused-ring (bicyclic) bond motifs is 2. The zero-order valence-corrected chi connectivity index (χ0v) is 12.2. The molecule has 0 atom stereocenters. The zero-order valence-electron chi connectivity index (χ0n) is 12.2. The van der Waals surface area contributed by atoms with E-state index in [2.05, 4.69) is 27.8 Å². The van der Waals surface area contributed by atoms with Crippen molar-refractivity contribution in [2.45, 2.75) is 12.8 Å². The minimum atomic E-state index is 0.0595. The van der Waals surface area contributed by atoms with Gasteiger partial charge in [-0.2, -0.15) is 0 Å². The standard InChI is InChI=1S/C17H14N4O2/c22-10-18-15-9-21-8-13(3-5-16(21)20-15)12-2-1-11-4-6-17(23)19-14(11)7-12/h1-3,5,7-10H,4,6H2,(H,18,22)(H,19,23). The first-order chi connectivity index (χ1) is 11.2. The number of carbonyl (C=O) groups is 2. The first-order valence-electron chi connectivity index (χ1n) is 7.35.